The summed E-state index contributed by atoms with van der Waals surface area (Å²) in [4.78, 5) is 0. The van der Waals surface area contributed by atoms with Crippen LogP contribution < -0.4 is 4.74 Å². The van der Waals surface area contributed by atoms with Gasteiger partial charge in [0, 0.05) is 0 Å². The molecule has 0 aromatic heterocycles. The van der Waals surface area contributed by atoms with Crippen molar-refractivity contribution in [2.45, 2.75) is 37.6 Å². The van der Waals surface area contributed by atoms with E-state index in [0.29, 0.717) is 5.75 Å². The van der Waals surface area contributed by atoms with E-state index in [9.17, 15) is 4.39 Å². The largest absolute Gasteiger partial charge is 0.478 e. The summed E-state index contributed by atoms with van der Waals surface area (Å²) in [6, 6.07) is 7.19. The summed E-state index contributed by atoms with van der Waals surface area (Å²) < 4.78 is 18.2. The fraction of sp³-hybridized carbons (Fsp3) is 0.500. The normalized spacial score (nSPS) is 12.5. The Kier molecular flexibility index (Phi) is 5.69. The van der Waals surface area contributed by atoms with Gasteiger partial charge < -0.3 is 4.74 Å². The summed E-state index contributed by atoms with van der Waals surface area (Å²) in [7, 11) is 0. The fourth-order valence-corrected chi connectivity index (χ4v) is 1.77. The Morgan fingerprint density at radius 2 is 2.27 bits per heavy atom. The average molecular weight is 274 g/mol. The van der Waals surface area contributed by atoms with Gasteiger partial charge in [0.25, 0.3) is 0 Å². The Morgan fingerprint density at radius 3 is 2.93 bits per heavy atom. The Morgan fingerprint density at radius 1 is 1.47 bits per heavy atom. The predicted octanol–water partition coefficient (Wildman–Crippen LogP) is 4.31. The van der Waals surface area contributed by atoms with Crippen molar-refractivity contribution in [3.8, 4) is 5.75 Å². The first-order valence-corrected chi connectivity index (χ1v) is 6.12. The first-order valence-electron chi connectivity index (χ1n) is 5.21. The molecule has 1 aromatic carbocycles. The van der Waals surface area contributed by atoms with Crippen LogP contribution in [0, 0.1) is 11.9 Å². The topological polar surface area (TPSA) is 9.23 Å². The Bertz CT molecular complexity index is 291. The lowest BCUT2D eigenvalue weighted by molar-refractivity contribution is 0.276. The molecule has 0 N–H and O–H groups in total. The van der Waals surface area contributed by atoms with Gasteiger partial charge in [0.2, 0.25) is 0 Å². The number of hydrogen-bond donors (Lipinski definition) is 0. The fourth-order valence-electron chi connectivity index (χ4n) is 1.24. The van der Waals surface area contributed by atoms with Gasteiger partial charge in [-0.1, -0.05) is 25.8 Å². The van der Waals surface area contributed by atoms with Crippen molar-refractivity contribution in [2.24, 2.45) is 0 Å². The second-order valence-electron chi connectivity index (χ2n) is 3.39. The van der Waals surface area contributed by atoms with Crippen molar-refractivity contribution in [2.75, 3.05) is 0 Å². The summed E-state index contributed by atoms with van der Waals surface area (Å²) in [5.74, 6) is 0.0640. The first kappa shape index (κ1) is 12.5. The maximum absolute atomic E-state index is 12.8. The molecule has 0 heterocycles. The molecule has 1 atom stereocenters. The molecule has 0 amide bonds. The number of alkyl halides is 1. The molecule has 83 valence electrons. The highest BCUT2D eigenvalue weighted by Gasteiger charge is 2.06. The smallest absolute Gasteiger partial charge is 0.153 e. The van der Waals surface area contributed by atoms with E-state index < -0.39 is 0 Å². The monoisotopic (exact) mass is 273 g/mol. The van der Waals surface area contributed by atoms with Crippen LogP contribution in [0.5, 0.6) is 5.75 Å². The zero-order chi connectivity index (χ0) is 11.1. The maximum atomic E-state index is 12.8. The van der Waals surface area contributed by atoms with Crippen molar-refractivity contribution in [3.05, 3.63) is 30.1 Å². The van der Waals surface area contributed by atoms with Gasteiger partial charge >= 0.3 is 0 Å². The Balaban J connectivity index is 2.34. The highest BCUT2D eigenvalue weighted by atomic mass is 79.9. The third kappa shape index (κ3) is 5.17. The standard InChI is InChI=1S/C12H15BrFO/c1-2-3-4-8-12(13)15-11-7-5-6-10(14)9-11/h5-7,12H,2-4,8H2,1H3. The number of hydrogen-bond acceptors (Lipinski definition) is 1. The molecule has 1 unspecified atom stereocenters. The Hall–Kier alpha value is -0.570. The summed E-state index contributed by atoms with van der Waals surface area (Å²) in [5.41, 5.74) is 0. The van der Waals surface area contributed by atoms with Crippen LogP contribution in [0.25, 0.3) is 0 Å². The van der Waals surface area contributed by atoms with Crippen LogP contribution in [-0.2, 0) is 0 Å². The highest BCUT2D eigenvalue weighted by molar-refractivity contribution is 9.09. The lowest BCUT2D eigenvalue weighted by Crippen LogP contribution is -2.07. The van der Waals surface area contributed by atoms with Crippen molar-refractivity contribution in [1.82, 2.24) is 0 Å². The molecule has 0 aliphatic heterocycles. The van der Waals surface area contributed by atoms with Gasteiger partial charge in [0.15, 0.2) is 5.01 Å². The minimum Gasteiger partial charge on any atom is -0.478 e. The third-order valence-electron chi connectivity index (χ3n) is 2.02. The molecule has 0 bridgehead atoms. The molecule has 0 fully saturated rings. The third-order valence-corrected chi connectivity index (χ3v) is 2.67. The van der Waals surface area contributed by atoms with Gasteiger partial charge in [-0.3, -0.25) is 0 Å². The number of ether oxygens (including phenoxy) is 1. The van der Waals surface area contributed by atoms with Crippen LogP contribution in [0.3, 0.4) is 0 Å². The molecule has 15 heavy (non-hydrogen) atoms. The van der Waals surface area contributed by atoms with Crippen LogP contribution in [-0.4, -0.2) is 5.01 Å². The number of benzene rings is 1. The first-order chi connectivity index (χ1) is 7.22. The van der Waals surface area contributed by atoms with E-state index in [1.165, 1.54) is 18.9 Å². The molecule has 1 rings (SSSR count). The van der Waals surface area contributed by atoms with Gasteiger partial charge in [-0.05, 0) is 40.9 Å². The highest BCUT2D eigenvalue weighted by Crippen LogP contribution is 2.18. The maximum Gasteiger partial charge on any atom is 0.153 e. The molecule has 0 aliphatic rings. The average Bonchev–Trinajstić information content (AvgIpc) is 2.18. The van der Waals surface area contributed by atoms with Crippen molar-refractivity contribution < 1.29 is 9.13 Å². The lowest BCUT2D eigenvalue weighted by Gasteiger charge is -2.12. The molecular weight excluding hydrogens is 259 g/mol. The molecule has 0 saturated carbocycles. The summed E-state index contributed by atoms with van der Waals surface area (Å²) in [6.45, 7) is 2.16. The van der Waals surface area contributed by atoms with E-state index in [0.717, 1.165) is 12.8 Å². The van der Waals surface area contributed by atoms with E-state index in [4.69, 9.17) is 4.74 Å². The molecular formula is C12H15BrFO. The minimum atomic E-state index is -0.388. The number of halogens is 2. The molecule has 1 nitrogen and oxygen atoms in total. The van der Waals surface area contributed by atoms with E-state index in [2.05, 4.69) is 28.9 Å². The summed E-state index contributed by atoms with van der Waals surface area (Å²) >= 11 is 3.40. The van der Waals surface area contributed by atoms with E-state index in [-0.39, 0.29) is 10.8 Å². The molecule has 3 heteroatoms. The minimum absolute atomic E-state index is 0.0536. The van der Waals surface area contributed by atoms with Gasteiger partial charge in [-0.2, -0.15) is 0 Å². The van der Waals surface area contributed by atoms with Gasteiger partial charge in [-0.25, -0.2) is 4.39 Å². The Labute approximate surface area is 98.8 Å². The van der Waals surface area contributed by atoms with Crippen molar-refractivity contribution in [3.63, 3.8) is 0 Å². The SMILES string of the molecule is CCCCCC(Br)Oc1[c]c(F)ccc1. The summed E-state index contributed by atoms with van der Waals surface area (Å²) in [6.07, 6.45) is 4.42. The van der Waals surface area contributed by atoms with Crippen LogP contribution in [0.15, 0.2) is 18.2 Å². The van der Waals surface area contributed by atoms with Crippen LogP contribution in [0.2, 0.25) is 0 Å². The number of rotatable bonds is 6. The van der Waals surface area contributed by atoms with Gasteiger partial charge in [0.1, 0.15) is 11.6 Å². The molecule has 0 aliphatic carbocycles. The van der Waals surface area contributed by atoms with Gasteiger partial charge in [-0.15, -0.1) is 0 Å². The summed E-state index contributed by atoms with van der Waals surface area (Å²) in [5, 5.41) is -0.0536. The molecule has 1 aromatic rings. The van der Waals surface area contributed by atoms with Crippen molar-refractivity contribution in [1.29, 1.82) is 0 Å². The lowest BCUT2D eigenvalue weighted by atomic mass is 10.2. The van der Waals surface area contributed by atoms with Crippen LogP contribution in [0.4, 0.5) is 4.39 Å². The van der Waals surface area contributed by atoms with E-state index >= 15 is 0 Å². The molecule has 0 spiro atoms. The second kappa shape index (κ2) is 6.83. The van der Waals surface area contributed by atoms with Crippen molar-refractivity contribution >= 4 is 15.9 Å². The predicted molar refractivity (Wildman–Crippen MR) is 62.7 cm³/mol. The van der Waals surface area contributed by atoms with Gasteiger partial charge in [0.05, 0.1) is 6.07 Å². The molecule has 0 saturated heterocycles. The quantitative estimate of drug-likeness (QED) is 0.555. The van der Waals surface area contributed by atoms with E-state index in [1.807, 2.05) is 0 Å². The zero-order valence-electron chi connectivity index (χ0n) is 8.80. The van der Waals surface area contributed by atoms with Crippen LogP contribution >= 0.6 is 15.9 Å². The number of unbranched alkanes of at least 4 members (excludes halogenated alkanes) is 2. The molecule has 1 radical (unpaired) electrons. The zero-order valence-corrected chi connectivity index (χ0v) is 10.4. The van der Waals surface area contributed by atoms with E-state index in [1.54, 1.807) is 12.1 Å². The van der Waals surface area contributed by atoms with Crippen LogP contribution in [0.1, 0.15) is 32.6 Å². The second-order valence-corrected chi connectivity index (χ2v) is 4.41.